The van der Waals surface area contributed by atoms with E-state index in [1.807, 2.05) is 16.8 Å². The number of nitrogens with zero attached hydrogens (tertiary/aromatic N) is 1. The highest BCUT2D eigenvalue weighted by Crippen LogP contribution is 2.42. The van der Waals surface area contributed by atoms with Crippen molar-refractivity contribution in [3.8, 4) is 10.6 Å². The molecule has 0 saturated heterocycles. The summed E-state index contributed by atoms with van der Waals surface area (Å²) >= 11 is 3.17. The molecular formula is C17H21N3OS2. The molecule has 2 aliphatic rings. The first-order valence-electron chi connectivity index (χ1n) is 8.26. The molecule has 6 heteroatoms. The molecule has 2 heterocycles. The van der Waals surface area contributed by atoms with E-state index in [2.05, 4.69) is 16.4 Å². The Labute approximate surface area is 144 Å². The van der Waals surface area contributed by atoms with Gasteiger partial charge in [-0.2, -0.15) is 0 Å². The summed E-state index contributed by atoms with van der Waals surface area (Å²) in [7, 11) is 0. The van der Waals surface area contributed by atoms with Gasteiger partial charge >= 0.3 is 0 Å². The van der Waals surface area contributed by atoms with Crippen molar-refractivity contribution >= 4 is 33.7 Å². The summed E-state index contributed by atoms with van der Waals surface area (Å²) in [6.07, 6.45) is 5.51. The summed E-state index contributed by atoms with van der Waals surface area (Å²) in [4.78, 5) is 18.3. The Hall–Kier alpha value is -1.24. The smallest absolute Gasteiger partial charge is 0.229 e. The predicted molar refractivity (Wildman–Crippen MR) is 95.6 cm³/mol. The molecule has 23 heavy (non-hydrogen) atoms. The van der Waals surface area contributed by atoms with Crippen molar-refractivity contribution in [1.29, 1.82) is 0 Å². The predicted octanol–water partition coefficient (Wildman–Crippen LogP) is 3.96. The highest BCUT2D eigenvalue weighted by Gasteiger charge is 2.40. The van der Waals surface area contributed by atoms with Gasteiger partial charge in [0.1, 0.15) is 0 Å². The number of rotatable bonds is 3. The van der Waals surface area contributed by atoms with Crippen LogP contribution in [0.25, 0.3) is 10.6 Å². The first-order valence-corrected chi connectivity index (χ1v) is 10.0. The van der Waals surface area contributed by atoms with Crippen LogP contribution in [0.3, 0.4) is 0 Å². The molecule has 0 aliphatic heterocycles. The standard InChI is InChI=1S/C17H21N3OS2/c18-15-10-3-1-4-11(15)8-12(7-10)16(21)20-17-19-13(9-23-17)14-5-2-6-22-14/h2,5-6,9-12,15H,1,3-4,7-8,18H2,(H,19,20,21). The van der Waals surface area contributed by atoms with Crippen LogP contribution in [0, 0.1) is 17.8 Å². The van der Waals surface area contributed by atoms with Crippen LogP contribution in [0.1, 0.15) is 32.1 Å². The van der Waals surface area contributed by atoms with Crippen LogP contribution >= 0.6 is 22.7 Å². The molecule has 3 N–H and O–H groups in total. The number of thiophene rings is 1. The normalized spacial score (nSPS) is 30.1. The van der Waals surface area contributed by atoms with Crippen LogP contribution in [0.5, 0.6) is 0 Å². The zero-order valence-electron chi connectivity index (χ0n) is 12.9. The average Bonchev–Trinajstić information content (AvgIpc) is 3.17. The molecule has 4 nitrogen and oxygen atoms in total. The summed E-state index contributed by atoms with van der Waals surface area (Å²) < 4.78 is 0. The van der Waals surface area contributed by atoms with Crippen molar-refractivity contribution in [2.45, 2.75) is 38.1 Å². The van der Waals surface area contributed by atoms with Gasteiger partial charge in [-0.1, -0.05) is 12.5 Å². The van der Waals surface area contributed by atoms with Crippen LogP contribution in [0.2, 0.25) is 0 Å². The molecular weight excluding hydrogens is 326 g/mol. The van der Waals surface area contributed by atoms with Gasteiger partial charge in [0.05, 0.1) is 10.6 Å². The molecule has 0 spiro atoms. The lowest BCUT2D eigenvalue weighted by atomic mass is 9.65. The maximum Gasteiger partial charge on any atom is 0.229 e. The number of carbonyl (C=O) groups is 1. The number of hydrogen-bond donors (Lipinski definition) is 2. The fraction of sp³-hybridized carbons (Fsp3) is 0.529. The Bertz CT molecular complexity index is 668. The molecule has 2 aliphatic carbocycles. The summed E-state index contributed by atoms with van der Waals surface area (Å²) in [5.41, 5.74) is 7.26. The monoisotopic (exact) mass is 347 g/mol. The van der Waals surface area contributed by atoms with Crippen molar-refractivity contribution < 1.29 is 4.79 Å². The van der Waals surface area contributed by atoms with Gasteiger partial charge < -0.3 is 11.1 Å². The Morgan fingerprint density at radius 2 is 2.04 bits per heavy atom. The minimum Gasteiger partial charge on any atom is -0.327 e. The van der Waals surface area contributed by atoms with Crippen molar-refractivity contribution in [3.05, 3.63) is 22.9 Å². The van der Waals surface area contributed by atoms with Crippen molar-refractivity contribution in [2.75, 3.05) is 5.32 Å². The number of hydrogen-bond acceptors (Lipinski definition) is 5. The summed E-state index contributed by atoms with van der Waals surface area (Å²) in [5.74, 6) is 1.27. The molecule has 2 aromatic heterocycles. The number of thiazole rings is 1. The lowest BCUT2D eigenvalue weighted by Crippen LogP contribution is -2.48. The summed E-state index contributed by atoms with van der Waals surface area (Å²) in [5, 5.41) is 7.78. The minimum atomic E-state index is 0.0965. The van der Waals surface area contributed by atoms with Crippen LogP contribution in [-0.2, 0) is 4.79 Å². The third-order valence-electron chi connectivity index (χ3n) is 5.29. The molecule has 4 rings (SSSR count). The number of fused-ring (bicyclic) bond motifs is 2. The molecule has 1 amide bonds. The molecule has 2 fully saturated rings. The number of amides is 1. The molecule has 2 unspecified atom stereocenters. The van der Waals surface area contributed by atoms with E-state index in [9.17, 15) is 4.79 Å². The zero-order chi connectivity index (χ0) is 15.8. The van der Waals surface area contributed by atoms with E-state index < -0.39 is 0 Å². The van der Waals surface area contributed by atoms with Crippen molar-refractivity contribution in [2.24, 2.45) is 23.5 Å². The second-order valence-electron chi connectivity index (χ2n) is 6.70. The topological polar surface area (TPSA) is 68.0 Å². The molecule has 2 saturated carbocycles. The van der Waals surface area contributed by atoms with E-state index >= 15 is 0 Å². The first kappa shape index (κ1) is 15.3. The number of carbonyl (C=O) groups excluding carboxylic acids is 1. The van der Waals surface area contributed by atoms with E-state index in [1.54, 1.807) is 11.3 Å². The van der Waals surface area contributed by atoms with Gasteiger partial charge in [-0.15, -0.1) is 22.7 Å². The number of nitrogens with one attached hydrogen (secondary N) is 1. The largest absolute Gasteiger partial charge is 0.327 e. The van der Waals surface area contributed by atoms with Gasteiger partial charge in [0.25, 0.3) is 0 Å². The Morgan fingerprint density at radius 3 is 2.74 bits per heavy atom. The van der Waals surface area contributed by atoms with E-state index in [0.717, 1.165) is 23.4 Å². The van der Waals surface area contributed by atoms with Gasteiger partial charge in [-0.05, 0) is 49.0 Å². The molecule has 0 aromatic carbocycles. The average molecular weight is 348 g/mol. The van der Waals surface area contributed by atoms with Crippen LogP contribution in [-0.4, -0.2) is 16.9 Å². The summed E-state index contributed by atoms with van der Waals surface area (Å²) in [6, 6.07) is 4.37. The maximum atomic E-state index is 12.6. The summed E-state index contributed by atoms with van der Waals surface area (Å²) in [6.45, 7) is 0. The molecule has 2 aromatic rings. The van der Waals surface area contributed by atoms with Crippen LogP contribution < -0.4 is 11.1 Å². The van der Waals surface area contributed by atoms with Gasteiger partial charge in [0.2, 0.25) is 5.91 Å². The van der Waals surface area contributed by atoms with E-state index in [-0.39, 0.29) is 11.8 Å². The zero-order valence-corrected chi connectivity index (χ0v) is 14.5. The van der Waals surface area contributed by atoms with E-state index in [0.29, 0.717) is 23.0 Å². The fourth-order valence-corrected chi connectivity index (χ4v) is 5.55. The highest BCUT2D eigenvalue weighted by atomic mass is 32.1. The van der Waals surface area contributed by atoms with E-state index in [4.69, 9.17) is 5.73 Å². The van der Waals surface area contributed by atoms with Gasteiger partial charge in [-0.25, -0.2) is 4.98 Å². The Morgan fingerprint density at radius 1 is 1.26 bits per heavy atom. The minimum absolute atomic E-state index is 0.0965. The van der Waals surface area contributed by atoms with Gasteiger partial charge in [0.15, 0.2) is 5.13 Å². The number of anilines is 1. The van der Waals surface area contributed by atoms with Gasteiger partial charge in [0, 0.05) is 17.3 Å². The fourth-order valence-electron chi connectivity index (χ4n) is 4.08. The SMILES string of the molecule is NC1C2CCCC1CC(C(=O)Nc1nc(-c3cccs3)cs1)C2. The van der Waals surface area contributed by atoms with Crippen LogP contribution in [0.15, 0.2) is 22.9 Å². The maximum absolute atomic E-state index is 12.6. The highest BCUT2D eigenvalue weighted by molar-refractivity contribution is 7.16. The third-order valence-corrected chi connectivity index (χ3v) is 6.94. The van der Waals surface area contributed by atoms with Crippen molar-refractivity contribution in [1.82, 2.24) is 4.98 Å². The van der Waals surface area contributed by atoms with Crippen LogP contribution in [0.4, 0.5) is 5.13 Å². The Kier molecular flexibility index (Phi) is 4.22. The second kappa shape index (κ2) is 6.34. The number of aromatic nitrogens is 1. The Balaban J connectivity index is 1.42. The first-order chi connectivity index (χ1) is 11.2. The molecule has 0 radical (unpaired) electrons. The second-order valence-corrected chi connectivity index (χ2v) is 8.51. The number of nitrogens with two attached hydrogens (primary N) is 1. The quantitative estimate of drug-likeness (QED) is 0.883. The lowest BCUT2D eigenvalue weighted by molar-refractivity contribution is -0.122. The van der Waals surface area contributed by atoms with Gasteiger partial charge in [-0.3, -0.25) is 4.79 Å². The van der Waals surface area contributed by atoms with Crippen molar-refractivity contribution in [3.63, 3.8) is 0 Å². The molecule has 2 atom stereocenters. The molecule has 2 bridgehead atoms. The van der Waals surface area contributed by atoms with E-state index in [1.165, 1.54) is 30.6 Å². The molecule has 122 valence electrons. The third kappa shape index (κ3) is 3.07. The lowest BCUT2D eigenvalue weighted by Gasteiger charge is -2.43.